The molecule has 0 aliphatic carbocycles. The van der Waals surface area contributed by atoms with E-state index in [1.165, 1.54) is 23.1 Å². The summed E-state index contributed by atoms with van der Waals surface area (Å²) in [7, 11) is 0. The van der Waals surface area contributed by atoms with Crippen molar-refractivity contribution in [2.45, 2.75) is 11.4 Å². The quantitative estimate of drug-likeness (QED) is 0.637. The van der Waals surface area contributed by atoms with Gasteiger partial charge in [-0.1, -0.05) is 24.3 Å². The Morgan fingerprint density at radius 3 is 2.26 bits per heavy atom. The van der Waals surface area contributed by atoms with E-state index in [2.05, 4.69) is 5.32 Å². The number of rotatable bonds is 6. The summed E-state index contributed by atoms with van der Waals surface area (Å²) in [5.41, 5.74) is 0.104. The van der Waals surface area contributed by atoms with Crippen molar-refractivity contribution >= 4 is 11.8 Å². The first-order valence-electron chi connectivity index (χ1n) is 6.09. The highest BCUT2D eigenvalue weighted by Crippen LogP contribution is 2.16. The first-order valence-corrected chi connectivity index (χ1v) is 7.07. The van der Waals surface area contributed by atoms with Gasteiger partial charge < -0.3 is 5.32 Å². The minimum Gasteiger partial charge on any atom is -0.312 e. The van der Waals surface area contributed by atoms with Crippen LogP contribution in [0.2, 0.25) is 0 Å². The molecule has 100 valence electrons. The molecule has 0 spiro atoms. The summed E-state index contributed by atoms with van der Waals surface area (Å²) < 4.78 is 26.7. The summed E-state index contributed by atoms with van der Waals surface area (Å²) in [6.45, 7) is 0.918. The van der Waals surface area contributed by atoms with E-state index in [0.29, 0.717) is 6.54 Å². The lowest BCUT2D eigenvalue weighted by molar-refractivity contribution is 0.540. The number of hydrogen-bond donors (Lipinski definition) is 1. The molecule has 0 amide bonds. The predicted molar refractivity (Wildman–Crippen MR) is 75.2 cm³/mol. The number of hydrogen-bond acceptors (Lipinski definition) is 2. The van der Waals surface area contributed by atoms with Crippen LogP contribution in [-0.4, -0.2) is 12.3 Å². The van der Waals surface area contributed by atoms with Gasteiger partial charge in [0.1, 0.15) is 11.6 Å². The highest BCUT2D eigenvalue weighted by Gasteiger charge is 2.06. The Kier molecular flexibility index (Phi) is 5.36. The molecule has 1 N–H and O–H groups in total. The van der Waals surface area contributed by atoms with Crippen molar-refractivity contribution in [3.8, 4) is 0 Å². The van der Waals surface area contributed by atoms with Crippen molar-refractivity contribution in [2.24, 2.45) is 0 Å². The second kappa shape index (κ2) is 7.26. The first kappa shape index (κ1) is 14.0. The third-order valence-electron chi connectivity index (χ3n) is 2.65. The van der Waals surface area contributed by atoms with Crippen molar-refractivity contribution in [1.29, 1.82) is 0 Å². The van der Waals surface area contributed by atoms with Gasteiger partial charge in [-0.3, -0.25) is 0 Å². The Hall–Kier alpha value is -1.39. The predicted octanol–water partition coefficient (Wildman–Crippen LogP) is 3.85. The van der Waals surface area contributed by atoms with Gasteiger partial charge >= 0.3 is 0 Å². The number of nitrogens with one attached hydrogen (secondary N) is 1. The van der Waals surface area contributed by atoms with E-state index in [1.54, 1.807) is 11.8 Å². The highest BCUT2D eigenvalue weighted by atomic mass is 32.2. The van der Waals surface area contributed by atoms with Gasteiger partial charge in [0.25, 0.3) is 0 Å². The molecular weight excluding hydrogens is 264 g/mol. The third-order valence-corrected chi connectivity index (χ3v) is 3.67. The van der Waals surface area contributed by atoms with Crippen LogP contribution in [0.15, 0.2) is 53.4 Å². The van der Waals surface area contributed by atoms with Crippen LogP contribution < -0.4 is 5.32 Å². The Morgan fingerprint density at radius 2 is 1.58 bits per heavy atom. The largest absolute Gasteiger partial charge is 0.312 e. The van der Waals surface area contributed by atoms with E-state index in [0.717, 1.165) is 5.75 Å². The van der Waals surface area contributed by atoms with Crippen LogP contribution in [-0.2, 0) is 6.54 Å². The maximum atomic E-state index is 13.3. The van der Waals surface area contributed by atoms with Crippen LogP contribution in [0.5, 0.6) is 0 Å². The van der Waals surface area contributed by atoms with Crippen LogP contribution in [0.4, 0.5) is 8.78 Å². The number of thioether (sulfide) groups is 1. The van der Waals surface area contributed by atoms with E-state index in [1.807, 2.05) is 30.3 Å². The van der Waals surface area contributed by atoms with Gasteiger partial charge in [0, 0.05) is 29.3 Å². The van der Waals surface area contributed by atoms with Gasteiger partial charge in [-0.05, 0) is 24.3 Å². The molecule has 0 aliphatic heterocycles. The normalized spacial score (nSPS) is 10.6. The molecule has 0 heterocycles. The third kappa shape index (κ3) is 4.33. The average Bonchev–Trinajstić information content (AvgIpc) is 2.42. The average molecular weight is 279 g/mol. The van der Waals surface area contributed by atoms with Crippen molar-refractivity contribution < 1.29 is 8.78 Å². The fourth-order valence-corrected chi connectivity index (χ4v) is 2.50. The standard InChI is InChI=1S/C15H15F2NS/c16-14-7-4-8-15(17)13(14)11-18-9-10-19-12-5-2-1-3-6-12/h1-8,18H,9-11H2. The van der Waals surface area contributed by atoms with E-state index >= 15 is 0 Å². The number of halogens is 2. The van der Waals surface area contributed by atoms with Crippen molar-refractivity contribution in [3.63, 3.8) is 0 Å². The van der Waals surface area contributed by atoms with Gasteiger partial charge in [-0.15, -0.1) is 11.8 Å². The molecule has 0 radical (unpaired) electrons. The topological polar surface area (TPSA) is 12.0 Å². The Morgan fingerprint density at radius 1 is 0.895 bits per heavy atom. The van der Waals surface area contributed by atoms with Crippen molar-refractivity contribution in [2.75, 3.05) is 12.3 Å². The second-order valence-corrected chi connectivity index (χ2v) is 5.21. The minimum atomic E-state index is -0.497. The lowest BCUT2D eigenvalue weighted by Crippen LogP contribution is -2.18. The van der Waals surface area contributed by atoms with Gasteiger partial charge in [0.15, 0.2) is 0 Å². The maximum Gasteiger partial charge on any atom is 0.130 e. The molecule has 1 nitrogen and oxygen atoms in total. The molecule has 0 bridgehead atoms. The smallest absolute Gasteiger partial charge is 0.130 e. The Labute approximate surface area is 116 Å². The van der Waals surface area contributed by atoms with Crippen LogP contribution in [0.3, 0.4) is 0 Å². The van der Waals surface area contributed by atoms with Gasteiger partial charge in [0.2, 0.25) is 0 Å². The van der Waals surface area contributed by atoms with E-state index in [9.17, 15) is 8.78 Å². The monoisotopic (exact) mass is 279 g/mol. The molecule has 0 aromatic heterocycles. The van der Waals surface area contributed by atoms with Crippen LogP contribution >= 0.6 is 11.8 Å². The summed E-state index contributed by atoms with van der Waals surface area (Å²) in [4.78, 5) is 1.20. The zero-order chi connectivity index (χ0) is 13.5. The van der Waals surface area contributed by atoms with E-state index in [-0.39, 0.29) is 12.1 Å². The zero-order valence-corrected chi connectivity index (χ0v) is 11.2. The molecule has 2 aromatic carbocycles. The summed E-state index contributed by atoms with van der Waals surface area (Å²) in [5, 5.41) is 3.05. The van der Waals surface area contributed by atoms with E-state index < -0.39 is 11.6 Å². The lowest BCUT2D eigenvalue weighted by Gasteiger charge is -2.07. The molecule has 0 saturated heterocycles. The highest BCUT2D eigenvalue weighted by molar-refractivity contribution is 7.99. The molecule has 0 unspecified atom stereocenters. The second-order valence-electron chi connectivity index (χ2n) is 4.04. The lowest BCUT2D eigenvalue weighted by atomic mass is 10.2. The molecule has 0 aliphatic rings. The van der Waals surface area contributed by atoms with Gasteiger partial charge in [0.05, 0.1) is 0 Å². The van der Waals surface area contributed by atoms with Gasteiger partial charge in [-0.25, -0.2) is 8.78 Å². The fraction of sp³-hybridized carbons (Fsp3) is 0.200. The molecule has 2 rings (SSSR count). The van der Waals surface area contributed by atoms with Crippen LogP contribution in [0, 0.1) is 11.6 Å². The SMILES string of the molecule is Fc1cccc(F)c1CNCCSc1ccccc1. The van der Waals surface area contributed by atoms with Gasteiger partial charge in [-0.2, -0.15) is 0 Å². The summed E-state index contributed by atoms with van der Waals surface area (Å²) in [5.74, 6) is -0.133. The van der Waals surface area contributed by atoms with Crippen LogP contribution in [0.1, 0.15) is 5.56 Å². The molecule has 19 heavy (non-hydrogen) atoms. The Balaban J connectivity index is 1.73. The maximum absolute atomic E-state index is 13.3. The molecule has 2 aromatic rings. The summed E-state index contributed by atoms with van der Waals surface area (Å²) in [6, 6.07) is 14.0. The minimum absolute atomic E-state index is 0.104. The Bertz CT molecular complexity index is 497. The zero-order valence-electron chi connectivity index (χ0n) is 10.4. The number of benzene rings is 2. The molecule has 0 saturated carbocycles. The fourth-order valence-electron chi connectivity index (χ4n) is 1.67. The summed E-state index contributed by atoms with van der Waals surface area (Å²) >= 11 is 1.71. The van der Waals surface area contributed by atoms with Crippen molar-refractivity contribution in [1.82, 2.24) is 5.32 Å². The molecule has 4 heteroatoms. The van der Waals surface area contributed by atoms with Crippen LogP contribution in [0.25, 0.3) is 0 Å². The van der Waals surface area contributed by atoms with Crippen molar-refractivity contribution in [3.05, 3.63) is 65.7 Å². The molecule has 0 atom stereocenters. The first-order chi connectivity index (χ1) is 9.27. The molecular formula is C15H15F2NS. The summed E-state index contributed by atoms with van der Waals surface area (Å²) in [6.07, 6.45) is 0. The van der Waals surface area contributed by atoms with E-state index in [4.69, 9.17) is 0 Å². The molecule has 0 fully saturated rings.